The van der Waals surface area contributed by atoms with Crippen molar-refractivity contribution in [3.8, 4) is 5.75 Å². The van der Waals surface area contributed by atoms with Crippen molar-refractivity contribution < 1.29 is 4.74 Å². The Balaban J connectivity index is 1.77. The number of benzene rings is 1. The van der Waals surface area contributed by atoms with Crippen LogP contribution in [0.5, 0.6) is 5.75 Å². The van der Waals surface area contributed by atoms with Crippen LogP contribution in [0.15, 0.2) is 24.3 Å². The minimum absolute atomic E-state index is 0.525. The zero-order chi connectivity index (χ0) is 15.2. The van der Waals surface area contributed by atoms with E-state index < -0.39 is 0 Å². The molecule has 1 aromatic rings. The fraction of sp³-hybridized carbons (Fsp3) is 0.588. The van der Waals surface area contributed by atoms with Crippen molar-refractivity contribution in [3.63, 3.8) is 0 Å². The molecule has 2 N–H and O–H groups in total. The quantitative estimate of drug-likeness (QED) is 0.786. The number of rotatable bonds is 7. The fourth-order valence-corrected chi connectivity index (χ4v) is 3.24. The van der Waals surface area contributed by atoms with Gasteiger partial charge in [0.25, 0.3) is 0 Å². The molecule has 0 spiro atoms. The fourth-order valence-electron chi connectivity index (χ4n) is 3.07. The van der Waals surface area contributed by atoms with Crippen LogP contribution in [0.25, 0.3) is 0 Å². The van der Waals surface area contributed by atoms with Gasteiger partial charge in [-0.15, -0.1) is 0 Å². The summed E-state index contributed by atoms with van der Waals surface area (Å²) >= 11 is 4.91. The molecule has 2 rings (SSSR count). The van der Waals surface area contributed by atoms with Crippen LogP contribution in [0.2, 0.25) is 0 Å². The molecule has 3 nitrogen and oxygen atoms in total. The van der Waals surface area contributed by atoms with E-state index in [1.54, 1.807) is 0 Å². The number of likely N-dealkylation sites (tertiary alicyclic amines) is 1. The van der Waals surface area contributed by atoms with E-state index in [0.717, 1.165) is 36.4 Å². The maximum atomic E-state index is 5.85. The van der Waals surface area contributed by atoms with Crippen LogP contribution in [-0.4, -0.2) is 35.6 Å². The van der Waals surface area contributed by atoms with Crippen molar-refractivity contribution in [2.24, 2.45) is 11.7 Å². The van der Waals surface area contributed by atoms with E-state index in [4.69, 9.17) is 22.7 Å². The zero-order valence-electron chi connectivity index (χ0n) is 13.0. The van der Waals surface area contributed by atoms with Gasteiger partial charge in [-0.2, -0.15) is 0 Å². The number of hydrogen-bond acceptors (Lipinski definition) is 3. The lowest BCUT2D eigenvalue weighted by Crippen LogP contribution is -2.36. The van der Waals surface area contributed by atoms with Crippen molar-refractivity contribution in [3.05, 3.63) is 29.8 Å². The lowest BCUT2D eigenvalue weighted by Gasteiger charge is -2.27. The van der Waals surface area contributed by atoms with Crippen LogP contribution < -0.4 is 10.5 Å². The lowest BCUT2D eigenvalue weighted by molar-refractivity contribution is 0.168. The third-order valence-corrected chi connectivity index (χ3v) is 4.28. The van der Waals surface area contributed by atoms with Crippen molar-refractivity contribution in [1.82, 2.24) is 4.90 Å². The summed E-state index contributed by atoms with van der Waals surface area (Å²) in [6, 6.07) is 8.78. The molecule has 1 saturated heterocycles. The van der Waals surface area contributed by atoms with E-state index in [1.165, 1.54) is 19.4 Å². The molecule has 1 heterocycles. The van der Waals surface area contributed by atoms with Gasteiger partial charge in [0.2, 0.25) is 0 Å². The van der Waals surface area contributed by atoms with Gasteiger partial charge in [-0.1, -0.05) is 38.2 Å². The normalized spacial score (nSPS) is 19.1. The summed E-state index contributed by atoms with van der Waals surface area (Å²) in [7, 11) is 0. The third kappa shape index (κ3) is 4.97. The van der Waals surface area contributed by atoms with Crippen molar-refractivity contribution >= 4 is 17.2 Å². The van der Waals surface area contributed by atoms with E-state index in [2.05, 4.69) is 18.7 Å². The molecule has 4 heteroatoms. The van der Waals surface area contributed by atoms with E-state index in [-0.39, 0.29) is 0 Å². The topological polar surface area (TPSA) is 38.5 Å². The van der Waals surface area contributed by atoms with Crippen LogP contribution in [0.4, 0.5) is 0 Å². The van der Waals surface area contributed by atoms with Crippen LogP contribution >= 0.6 is 12.2 Å². The molecule has 1 aliphatic heterocycles. The first-order chi connectivity index (χ1) is 10.1. The second-order valence-corrected chi connectivity index (χ2v) is 6.65. The number of hydrogen-bond donors (Lipinski definition) is 1. The second-order valence-electron chi connectivity index (χ2n) is 6.13. The van der Waals surface area contributed by atoms with E-state index in [0.29, 0.717) is 11.4 Å². The Hall–Kier alpha value is -1.13. The van der Waals surface area contributed by atoms with Gasteiger partial charge in [-0.05, 0) is 43.0 Å². The first-order valence-electron chi connectivity index (χ1n) is 7.80. The van der Waals surface area contributed by atoms with Crippen LogP contribution in [0.3, 0.4) is 0 Å². The molecule has 1 fully saturated rings. The number of nitrogens with two attached hydrogens (primary N) is 1. The van der Waals surface area contributed by atoms with Gasteiger partial charge in [0, 0.05) is 19.0 Å². The molecule has 0 aromatic heterocycles. The average molecular weight is 306 g/mol. The second kappa shape index (κ2) is 7.76. The maximum Gasteiger partial charge on any atom is 0.119 e. The van der Waals surface area contributed by atoms with Crippen LogP contribution in [0.1, 0.15) is 32.3 Å². The Morgan fingerprint density at radius 2 is 2.10 bits per heavy atom. The highest BCUT2D eigenvalue weighted by Gasteiger charge is 2.26. The molecule has 1 aliphatic rings. The molecule has 1 atom stereocenters. The molecule has 1 unspecified atom stereocenters. The molecule has 0 saturated carbocycles. The average Bonchev–Trinajstić information content (AvgIpc) is 2.89. The van der Waals surface area contributed by atoms with Crippen molar-refractivity contribution in [2.75, 3.05) is 19.7 Å². The Labute approximate surface area is 133 Å². The highest BCUT2D eigenvalue weighted by molar-refractivity contribution is 7.80. The molecule has 0 bridgehead atoms. The summed E-state index contributed by atoms with van der Waals surface area (Å²) in [4.78, 5) is 3.09. The minimum atomic E-state index is 0.525. The maximum absolute atomic E-state index is 5.85. The van der Waals surface area contributed by atoms with Crippen LogP contribution in [-0.2, 0) is 6.42 Å². The van der Waals surface area contributed by atoms with Gasteiger partial charge in [0.15, 0.2) is 0 Å². The predicted octanol–water partition coefficient (Wildman–Crippen LogP) is 3.01. The molecule has 1 aromatic carbocycles. The highest BCUT2D eigenvalue weighted by atomic mass is 32.1. The molecule has 0 aliphatic carbocycles. The Kier molecular flexibility index (Phi) is 6.00. The standard InChI is InChI=1S/C17H26N2OS/c1-13(2)16-4-3-9-19(16)10-11-20-15-7-5-14(6-8-15)12-17(18)21/h5-8,13,16H,3-4,9-12H2,1-2H3,(H2,18,21). The SMILES string of the molecule is CC(C)C1CCCN1CCOc1ccc(CC(N)=S)cc1. The smallest absolute Gasteiger partial charge is 0.119 e. The molecular formula is C17H26N2OS. The number of thiocarbonyl (C=S) groups is 1. The number of ether oxygens (including phenoxy) is 1. The molecule has 0 amide bonds. The Bertz CT molecular complexity index is 458. The molecule has 21 heavy (non-hydrogen) atoms. The minimum Gasteiger partial charge on any atom is -0.492 e. The van der Waals surface area contributed by atoms with Gasteiger partial charge in [0.05, 0.1) is 4.99 Å². The van der Waals surface area contributed by atoms with Crippen molar-refractivity contribution in [1.29, 1.82) is 0 Å². The van der Waals surface area contributed by atoms with Crippen LogP contribution in [0, 0.1) is 5.92 Å². The molecule has 0 radical (unpaired) electrons. The van der Waals surface area contributed by atoms with Gasteiger partial charge in [-0.25, -0.2) is 0 Å². The first kappa shape index (κ1) is 16.2. The van der Waals surface area contributed by atoms with Gasteiger partial charge < -0.3 is 10.5 Å². The van der Waals surface area contributed by atoms with E-state index in [1.807, 2.05) is 24.3 Å². The van der Waals surface area contributed by atoms with Gasteiger partial charge in [0.1, 0.15) is 12.4 Å². The Morgan fingerprint density at radius 3 is 2.71 bits per heavy atom. The summed E-state index contributed by atoms with van der Waals surface area (Å²) < 4.78 is 5.85. The first-order valence-corrected chi connectivity index (χ1v) is 8.21. The van der Waals surface area contributed by atoms with Crippen molar-refractivity contribution in [2.45, 2.75) is 39.2 Å². The molecule has 116 valence electrons. The number of nitrogens with zero attached hydrogens (tertiary/aromatic N) is 1. The monoisotopic (exact) mass is 306 g/mol. The Morgan fingerprint density at radius 1 is 1.38 bits per heavy atom. The summed E-state index contributed by atoms with van der Waals surface area (Å²) in [5, 5.41) is 0. The zero-order valence-corrected chi connectivity index (χ0v) is 13.9. The van der Waals surface area contributed by atoms with Gasteiger partial charge >= 0.3 is 0 Å². The summed E-state index contributed by atoms with van der Waals surface area (Å²) in [5.74, 6) is 1.65. The highest BCUT2D eigenvalue weighted by Crippen LogP contribution is 2.23. The summed E-state index contributed by atoms with van der Waals surface area (Å²) in [6.07, 6.45) is 3.29. The third-order valence-electron chi connectivity index (χ3n) is 4.13. The van der Waals surface area contributed by atoms with Gasteiger partial charge in [-0.3, -0.25) is 4.90 Å². The summed E-state index contributed by atoms with van der Waals surface area (Å²) in [6.45, 7) is 7.59. The van der Waals surface area contributed by atoms with E-state index in [9.17, 15) is 0 Å². The largest absolute Gasteiger partial charge is 0.492 e. The predicted molar refractivity (Wildman–Crippen MR) is 91.9 cm³/mol. The lowest BCUT2D eigenvalue weighted by atomic mass is 10.0. The van der Waals surface area contributed by atoms with E-state index >= 15 is 0 Å². The molecular weight excluding hydrogens is 280 g/mol. The summed E-state index contributed by atoms with van der Waals surface area (Å²) in [5.41, 5.74) is 6.68.